The van der Waals surface area contributed by atoms with E-state index in [4.69, 9.17) is 4.74 Å². The van der Waals surface area contributed by atoms with Crippen molar-refractivity contribution in [1.29, 1.82) is 0 Å². The van der Waals surface area contributed by atoms with Gasteiger partial charge in [0.05, 0.1) is 17.7 Å². The number of anilines is 1. The molecule has 4 rings (SSSR count). The molecule has 1 aliphatic heterocycles. The Bertz CT molecular complexity index is 1200. The molecule has 6 nitrogen and oxygen atoms in total. The first kappa shape index (κ1) is 20.7. The van der Waals surface area contributed by atoms with Crippen LogP contribution < -0.4 is 9.64 Å². The quantitative estimate of drug-likeness (QED) is 0.574. The second-order valence-corrected chi connectivity index (χ2v) is 7.89. The van der Waals surface area contributed by atoms with Gasteiger partial charge in [-0.1, -0.05) is 31.2 Å². The van der Waals surface area contributed by atoms with Gasteiger partial charge < -0.3 is 9.84 Å². The average Bonchev–Trinajstić information content (AvgIpc) is 3.18. The molecule has 0 saturated heterocycles. The van der Waals surface area contributed by atoms with E-state index >= 15 is 0 Å². The fraction of sp³-hybridized carbons (Fsp3) is 0.174. The Morgan fingerprint density at radius 3 is 2.65 bits per heavy atom. The normalized spacial score (nSPS) is 13.3. The monoisotopic (exact) mass is 439 g/mol. The zero-order chi connectivity index (χ0) is 22.1. The molecule has 0 atom stereocenters. The van der Waals surface area contributed by atoms with Gasteiger partial charge in [-0.3, -0.25) is 9.59 Å². The van der Waals surface area contributed by atoms with Crippen LogP contribution in [-0.2, 0) is 24.2 Å². The van der Waals surface area contributed by atoms with Gasteiger partial charge in [0, 0.05) is 6.07 Å². The lowest BCUT2D eigenvalue weighted by Gasteiger charge is -2.26. The molecule has 31 heavy (non-hydrogen) atoms. The van der Waals surface area contributed by atoms with Crippen molar-refractivity contribution in [3.63, 3.8) is 0 Å². The molecule has 1 aliphatic rings. The number of amides is 2. The third kappa shape index (κ3) is 3.82. The van der Waals surface area contributed by atoms with E-state index in [1.165, 1.54) is 17.5 Å². The molecule has 0 spiro atoms. The highest BCUT2D eigenvalue weighted by Crippen LogP contribution is 2.34. The number of carbonyl (C=O) groups is 3. The molecule has 2 heterocycles. The van der Waals surface area contributed by atoms with E-state index < -0.39 is 23.6 Å². The summed E-state index contributed by atoms with van der Waals surface area (Å²) in [7, 11) is 0. The highest BCUT2D eigenvalue weighted by atomic mass is 32.1. The zero-order valence-electron chi connectivity index (χ0n) is 16.6. The highest BCUT2D eigenvalue weighted by Gasteiger charge is 2.38. The third-order valence-corrected chi connectivity index (χ3v) is 6.14. The Balaban J connectivity index is 1.65. The maximum absolute atomic E-state index is 14.6. The van der Waals surface area contributed by atoms with E-state index in [0.717, 1.165) is 35.0 Å². The van der Waals surface area contributed by atoms with Gasteiger partial charge >= 0.3 is 5.97 Å². The first-order chi connectivity index (χ1) is 14.9. The largest absolute Gasteiger partial charge is 0.489 e. The number of rotatable bonds is 6. The van der Waals surface area contributed by atoms with Crippen molar-refractivity contribution in [2.45, 2.75) is 26.4 Å². The van der Waals surface area contributed by atoms with Crippen LogP contribution in [0.25, 0.3) is 0 Å². The number of hydrogen-bond donors (Lipinski definition) is 1. The molecule has 0 radical (unpaired) electrons. The molecular formula is C23H18FNO5S. The number of fused-ring (bicyclic) bond motifs is 1. The van der Waals surface area contributed by atoms with Gasteiger partial charge in [-0.05, 0) is 40.6 Å². The maximum atomic E-state index is 14.6. The number of nitrogens with zero attached hydrogens (tertiary/aromatic N) is 1. The fourth-order valence-electron chi connectivity index (χ4n) is 3.58. The number of aryl methyl sites for hydroxylation is 1. The van der Waals surface area contributed by atoms with Crippen molar-refractivity contribution in [1.82, 2.24) is 0 Å². The van der Waals surface area contributed by atoms with Crippen molar-refractivity contribution in [2.24, 2.45) is 0 Å². The van der Waals surface area contributed by atoms with Crippen LogP contribution in [0.2, 0.25) is 0 Å². The first-order valence-corrected chi connectivity index (χ1v) is 10.5. The molecule has 1 aromatic heterocycles. The lowest BCUT2D eigenvalue weighted by molar-refractivity contribution is -0.117. The molecule has 0 bridgehead atoms. The fourth-order valence-corrected chi connectivity index (χ4v) is 4.48. The average molecular weight is 439 g/mol. The van der Waals surface area contributed by atoms with Crippen LogP contribution in [0.5, 0.6) is 5.75 Å². The van der Waals surface area contributed by atoms with Crippen LogP contribution in [0.1, 0.15) is 43.6 Å². The number of imide groups is 1. The smallest absolute Gasteiger partial charge is 0.346 e. The summed E-state index contributed by atoms with van der Waals surface area (Å²) in [6, 6.07) is 11.6. The molecule has 8 heteroatoms. The lowest BCUT2D eigenvalue weighted by Crippen LogP contribution is -2.43. The number of carboxylic acid groups (broad SMARTS) is 1. The van der Waals surface area contributed by atoms with Crippen LogP contribution in [0.15, 0.2) is 47.8 Å². The van der Waals surface area contributed by atoms with E-state index in [0.29, 0.717) is 10.5 Å². The number of benzene rings is 2. The summed E-state index contributed by atoms with van der Waals surface area (Å²) in [4.78, 5) is 37.6. The number of carbonyl (C=O) groups excluding carboxylic acids is 2. The van der Waals surface area contributed by atoms with Gasteiger partial charge in [0.1, 0.15) is 23.1 Å². The first-order valence-electron chi connectivity index (χ1n) is 9.60. The molecule has 1 N–H and O–H groups in total. The van der Waals surface area contributed by atoms with Gasteiger partial charge in [-0.2, -0.15) is 0 Å². The van der Waals surface area contributed by atoms with Crippen LogP contribution in [0.4, 0.5) is 10.1 Å². The van der Waals surface area contributed by atoms with Gasteiger partial charge in [-0.25, -0.2) is 14.1 Å². The van der Waals surface area contributed by atoms with Crippen molar-refractivity contribution in [3.05, 3.63) is 80.8 Å². The van der Waals surface area contributed by atoms with Crippen molar-refractivity contribution >= 4 is 34.8 Å². The molecular weight excluding hydrogens is 421 g/mol. The van der Waals surface area contributed by atoms with E-state index in [1.807, 2.05) is 31.2 Å². The molecule has 2 aromatic carbocycles. The Morgan fingerprint density at radius 2 is 1.94 bits per heavy atom. The van der Waals surface area contributed by atoms with Gasteiger partial charge in [0.25, 0.3) is 5.91 Å². The molecule has 0 saturated carbocycles. The van der Waals surface area contributed by atoms with Gasteiger partial charge in [0.15, 0.2) is 0 Å². The number of halogens is 1. The Hall–Kier alpha value is -3.52. The van der Waals surface area contributed by atoms with Crippen molar-refractivity contribution in [2.75, 3.05) is 4.90 Å². The van der Waals surface area contributed by atoms with Gasteiger partial charge in [0.2, 0.25) is 5.91 Å². The van der Waals surface area contributed by atoms with E-state index in [-0.39, 0.29) is 34.9 Å². The zero-order valence-corrected chi connectivity index (χ0v) is 17.4. The van der Waals surface area contributed by atoms with Gasteiger partial charge in [-0.15, -0.1) is 11.3 Å². The topological polar surface area (TPSA) is 83.9 Å². The maximum Gasteiger partial charge on any atom is 0.346 e. The third-order valence-electron chi connectivity index (χ3n) is 5.12. The summed E-state index contributed by atoms with van der Waals surface area (Å²) >= 11 is 0.875. The Kier molecular flexibility index (Phi) is 5.56. The number of ether oxygens (including phenoxy) is 1. The van der Waals surface area contributed by atoms with Crippen molar-refractivity contribution < 1.29 is 28.6 Å². The number of hydrogen-bond acceptors (Lipinski definition) is 5. The second kappa shape index (κ2) is 8.31. The highest BCUT2D eigenvalue weighted by molar-refractivity contribution is 7.12. The minimum Gasteiger partial charge on any atom is -0.489 e. The summed E-state index contributed by atoms with van der Waals surface area (Å²) in [5, 5.41) is 10.8. The summed E-state index contributed by atoms with van der Waals surface area (Å²) in [5.41, 5.74) is 2.12. The molecule has 3 aromatic rings. The van der Waals surface area contributed by atoms with Crippen LogP contribution >= 0.6 is 11.3 Å². The summed E-state index contributed by atoms with van der Waals surface area (Å²) in [6.07, 6.45) is 0.652. The van der Waals surface area contributed by atoms with Crippen LogP contribution in [0.3, 0.4) is 0 Å². The Morgan fingerprint density at radius 1 is 1.19 bits per heavy atom. The minimum atomic E-state index is -1.26. The number of carboxylic acids is 1. The number of aromatic carboxylic acids is 1. The SMILES string of the molecule is CCc1ccccc1COc1ccc(F)c(N2C(=O)Cc3csc(C(=O)O)c3C2=O)c1. The molecule has 0 unspecified atom stereocenters. The predicted octanol–water partition coefficient (Wildman–Crippen LogP) is 4.46. The molecule has 0 aliphatic carbocycles. The molecule has 0 fully saturated rings. The minimum absolute atomic E-state index is 0.0697. The van der Waals surface area contributed by atoms with Crippen molar-refractivity contribution in [3.8, 4) is 5.75 Å². The Labute approximate surface area is 181 Å². The van der Waals surface area contributed by atoms with Crippen LogP contribution in [0, 0.1) is 5.82 Å². The van der Waals surface area contributed by atoms with Crippen LogP contribution in [-0.4, -0.2) is 22.9 Å². The summed E-state index contributed by atoms with van der Waals surface area (Å²) in [5.74, 6) is -3.23. The predicted molar refractivity (Wildman–Crippen MR) is 113 cm³/mol. The van der Waals surface area contributed by atoms with E-state index in [1.54, 1.807) is 0 Å². The van der Waals surface area contributed by atoms with E-state index in [2.05, 4.69) is 0 Å². The van der Waals surface area contributed by atoms with E-state index in [9.17, 15) is 23.9 Å². The molecule has 158 valence electrons. The number of thiophene rings is 1. The lowest BCUT2D eigenvalue weighted by atomic mass is 10.0. The standard InChI is InChI=1S/C23H18FNO5S/c1-2-13-5-3-4-6-14(13)11-30-16-7-8-17(24)18(10-16)25-19(26)9-15-12-31-21(23(28)29)20(15)22(25)27/h3-8,10,12H,2,9,11H2,1H3,(H,28,29). The summed E-state index contributed by atoms with van der Waals surface area (Å²) in [6.45, 7) is 2.28. The second-order valence-electron chi connectivity index (χ2n) is 7.01. The molecule has 2 amide bonds. The summed E-state index contributed by atoms with van der Waals surface area (Å²) < 4.78 is 20.4.